The molecule has 2 fully saturated rings. The Labute approximate surface area is 125 Å². The minimum absolute atomic E-state index is 0.0534. The van der Waals surface area contributed by atoms with E-state index in [0.29, 0.717) is 0 Å². The zero-order chi connectivity index (χ0) is 14.2. The lowest BCUT2D eigenvalue weighted by Crippen LogP contribution is -2.62. The number of rotatable bonds is 4. The number of aryl methyl sites for hydroxylation is 1. The summed E-state index contributed by atoms with van der Waals surface area (Å²) in [6, 6.07) is 4.44. The maximum absolute atomic E-state index is 10.2. The lowest BCUT2D eigenvalue weighted by atomic mass is 9.58. The molecule has 20 heavy (non-hydrogen) atoms. The molecule has 112 valence electrons. The second-order valence-corrected chi connectivity index (χ2v) is 7.59. The summed E-state index contributed by atoms with van der Waals surface area (Å²) in [5.74, 6) is 0. The summed E-state index contributed by atoms with van der Waals surface area (Å²) >= 11 is 1.89. The van der Waals surface area contributed by atoms with Gasteiger partial charge in [0.15, 0.2) is 0 Å². The van der Waals surface area contributed by atoms with Crippen LogP contribution in [0.25, 0.3) is 0 Å². The topological polar surface area (TPSA) is 32.7 Å². The molecule has 0 radical (unpaired) electrons. The number of likely N-dealkylation sites (tertiary alicyclic amines) is 1. The Hall–Kier alpha value is -0.420. The van der Waals surface area contributed by atoms with Gasteiger partial charge >= 0.3 is 0 Å². The number of aliphatic hydroxyl groups is 1. The zero-order valence-corrected chi connectivity index (χ0v) is 13.3. The molecule has 0 amide bonds. The molecule has 1 saturated heterocycles. The van der Waals surface area contributed by atoms with Gasteiger partial charge in [0, 0.05) is 34.7 Å². The average molecular weight is 295 g/mol. The van der Waals surface area contributed by atoms with Crippen molar-refractivity contribution in [3.05, 3.63) is 21.9 Å². The van der Waals surface area contributed by atoms with E-state index in [4.69, 9.17) is 4.74 Å². The predicted octanol–water partition coefficient (Wildman–Crippen LogP) is 2.81. The first-order valence-electron chi connectivity index (χ1n) is 7.71. The molecule has 0 aromatic carbocycles. The summed E-state index contributed by atoms with van der Waals surface area (Å²) in [6.45, 7) is 8.19. The lowest BCUT2D eigenvalue weighted by molar-refractivity contribution is -0.209. The minimum atomic E-state index is -0.148. The third kappa shape index (κ3) is 2.54. The Balaban J connectivity index is 1.56. The summed E-state index contributed by atoms with van der Waals surface area (Å²) in [4.78, 5) is 5.36. The van der Waals surface area contributed by atoms with Crippen molar-refractivity contribution < 1.29 is 9.84 Å². The van der Waals surface area contributed by atoms with E-state index in [1.165, 1.54) is 9.75 Å². The van der Waals surface area contributed by atoms with E-state index in [0.717, 1.165) is 45.5 Å². The molecule has 3 nitrogen and oxygen atoms in total. The van der Waals surface area contributed by atoms with Crippen molar-refractivity contribution in [1.29, 1.82) is 0 Å². The molecule has 4 heteroatoms. The second kappa shape index (κ2) is 5.76. The van der Waals surface area contributed by atoms with Crippen molar-refractivity contribution in [2.75, 3.05) is 19.7 Å². The molecule has 1 spiro atoms. The van der Waals surface area contributed by atoms with Crippen molar-refractivity contribution >= 4 is 11.3 Å². The molecular formula is C16H25NO2S. The third-order valence-corrected chi connectivity index (χ3v) is 6.06. The van der Waals surface area contributed by atoms with Gasteiger partial charge in [0.1, 0.15) is 0 Å². The van der Waals surface area contributed by atoms with E-state index < -0.39 is 0 Å². The fraction of sp³-hybridized carbons (Fsp3) is 0.750. The summed E-state index contributed by atoms with van der Waals surface area (Å²) in [5, 5.41) is 10.2. The van der Waals surface area contributed by atoms with Gasteiger partial charge in [0.2, 0.25) is 0 Å². The zero-order valence-electron chi connectivity index (χ0n) is 12.5. The first-order chi connectivity index (χ1) is 9.64. The van der Waals surface area contributed by atoms with Crippen LogP contribution in [0.4, 0.5) is 0 Å². The number of thiophene rings is 1. The SMILES string of the molecule is CCO[C@@H]1C[C@@H](O)C12CCN(Cc1ccc(C)s1)CC2. The van der Waals surface area contributed by atoms with E-state index in [2.05, 4.69) is 24.0 Å². The predicted molar refractivity (Wildman–Crippen MR) is 82.0 cm³/mol. The van der Waals surface area contributed by atoms with Gasteiger partial charge in [-0.1, -0.05) is 0 Å². The van der Waals surface area contributed by atoms with Crippen LogP contribution in [0.1, 0.15) is 35.9 Å². The molecule has 2 heterocycles. The van der Waals surface area contributed by atoms with Crippen LogP contribution >= 0.6 is 11.3 Å². The highest BCUT2D eigenvalue weighted by Gasteiger charge is 2.55. The summed E-state index contributed by atoms with van der Waals surface area (Å²) < 4.78 is 5.82. The third-order valence-electron chi connectivity index (χ3n) is 5.07. The molecular weight excluding hydrogens is 270 g/mol. The Morgan fingerprint density at radius 2 is 2.15 bits per heavy atom. The summed E-state index contributed by atoms with van der Waals surface area (Å²) in [7, 11) is 0. The van der Waals surface area contributed by atoms with Crippen LogP contribution in [-0.4, -0.2) is 41.9 Å². The van der Waals surface area contributed by atoms with Crippen LogP contribution < -0.4 is 0 Å². The molecule has 0 bridgehead atoms. The number of piperidine rings is 1. The first-order valence-corrected chi connectivity index (χ1v) is 8.53. The maximum atomic E-state index is 10.2. The summed E-state index contributed by atoms with van der Waals surface area (Å²) in [6.07, 6.45) is 3.11. The number of aliphatic hydroxyl groups excluding tert-OH is 1. The second-order valence-electron chi connectivity index (χ2n) is 6.22. The highest BCUT2D eigenvalue weighted by atomic mass is 32.1. The Morgan fingerprint density at radius 3 is 2.70 bits per heavy atom. The quantitative estimate of drug-likeness (QED) is 0.927. The van der Waals surface area contributed by atoms with E-state index >= 15 is 0 Å². The molecule has 1 aromatic rings. The molecule has 2 atom stereocenters. The van der Waals surface area contributed by atoms with Gasteiger partial charge in [-0.25, -0.2) is 0 Å². The van der Waals surface area contributed by atoms with E-state index in [1.54, 1.807) is 0 Å². The smallest absolute Gasteiger partial charge is 0.0681 e. The van der Waals surface area contributed by atoms with Gasteiger partial charge in [-0.2, -0.15) is 0 Å². The van der Waals surface area contributed by atoms with Gasteiger partial charge in [-0.3, -0.25) is 4.90 Å². The van der Waals surface area contributed by atoms with Crippen LogP contribution in [-0.2, 0) is 11.3 Å². The first kappa shape index (κ1) is 14.5. The lowest BCUT2D eigenvalue weighted by Gasteiger charge is -2.56. The molecule has 1 aromatic heterocycles. The van der Waals surface area contributed by atoms with Crippen LogP contribution in [0.3, 0.4) is 0 Å². The number of ether oxygens (including phenoxy) is 1. The van der Waals surface area contributed by atoms with Gasteiger partial charge in [0.05, 0.1) is 12.2 Å². The molecule has 1 aliphatic heterocycles. The fourth-order valence-corrected chi connectivity index (χ4v) is 4.67. The van der Waals surface area contributed by atoms with Crippen molar-refractivity contribution in [3.63, 3.8) is 0 Å². The van der Waals surface area contributed by atoms with E-state index in [9.17, 15) is 5.11 Å². The number of hydrogen-bond donors (Lipinski definition) is 1. The van der Waals surface area contributed by atoms with Gasteiger partial charge in [-0.15, -0.1) is 11.3 Å². The number of nitrogens with zero attached hydrogens (tertiary/aromatic N) is 1. The van der Waals surface area contributed by atoms with Gasteiger partial charge < -0.3 is 9.84 Å². The molecule has 1 N–H and O–H groups in total. The molecule has 1 aliphatic carbocycles. The Morgan fingerprint density at radius 1 is 1.40 bits per heavy atom. The highest BCUT2D eigenvalue weighted by molar-refractivity contribution is 7.11. The molecule has 3 rings (SSSR count). The van der Waals surface area contributed by atoms with Crippen molar-refractivity contribution in [2.45, 2.75) is 51.9 Å². The van der Waals surface area contributed by atoms with Crippen molar-refractivity contribution in [3.8, 4) is 0 Å². The Bertz CT molecular complexity index is 449. The van der Waals surface area contributed by atoms with Crippen LogP contribution in [0.5, 0.6) is 0 Å². The van der Waals surface area contributed by atoms with Gasteiger partial charge in [0.25, 0.3) is 0 Å². The van der Waals surface area contributed by atoms with Crippen molar-refractivity contribution in [1.82, 2.24) is 4.90 Å². The largest absolute Gasteiger partial charge is 0.392 e. The normalized spacial score (nSPS) is 29.6. The molecule has 2 aliphatic rings. The van der Waals surface area contributed by atoms with E-state index in [1.807, 2.05) is 18.3 Å². The Kier molecular flexibility index (Phi) is 4.18. The monoisotopic (exact) mass is 295 g/mol. The standard InChI is InChI=1S/C16H25NO2S/c1-3-19-15-10-14(18)16(15)6-8-17(9-7-16)11-13-5-4-12(2)20-13/h4-5,14-15,18H,3,6-11H2,1-2H3/t14-,15-/m1/s1. The van der Waals surface area contributed by atoms with Crippen LogP contribution in [0.2, 0.25) is 0 Å². The van der Waals surface area contributed by atoms with E-state index in [-0.39, 0.29) is 17.6 Å². The number of hydrogen-bond acceptors (Lipinski definition) is 4. The average Bonchev–Trinajstić information content (AvgIpc) is 2.85. The molecule has 1 saturated carbocycles. The molecule has 0 unspecified atom stereocenters. The maximum Gasteiger partial charge on any atom is 0.0681 e. The van der Waals surface area contributed by atoms with Crippen LogP contribution in [0.15, 0.2) is 12.1 Å². The van der Waals surface area contributed by atoms with Gasteiger partial charge in [-0.05, 0) is 51.9 Å². The highest BCUT2D eigenvalue weighted by Crippen LogP contribution is 2.51. The van der Waals surface area contributed by atoms with Crippen molar-refractivity contribution in [2.24, 2.45) is 5.41 Å². The fourth-order valence-electron chi connectivity index (χ4n) is 3.73. The minimum Gasteiger partial charge on any atom is -0.392 e. The summed E-state index contributed by atoms with van der Waals surface area (Å²) in [5.41, 5.74) is 0.0534. The van der Waals surface area contributed by atoms with Crippen LogP contribution in [0, 0.1) is 12.3 Å².